The zero-order chi connectivity index (χ0) is 29.4. The average molecular weight is 631 g/mol. The molecular formula is C29H25Cl2N3O5S2. The molecule has 1 N–H and O–H groups in total. The van der Waals surface area contributed by atoms with Gasteiger partial charge in [-0.2, -0.15) is 0 Å². The molecule has 1 aliphatic heterocycles. The lowest BCUT2D eigenvalue weighted by atomic mass is 10.1. The second-order valence-electron chi connectivity index (χ2n) is 9.44. The van der Waals surface area contributed by atoms with Crippen molar-refractivity contribution in [3.8, 4) is 0 Å². The molecule has 0 saturated heterocycles. The van der Waals surface area contributed by atoms with Crippen molar-refractivity contribution in [2.24, 2.45) is 0 Å². The molecule has 4 aromatic carbocycles. The number of carbonyl (C=O) groups excluding carboxylic acids is 1. The fourth-order valence-corrected chi connectivity index (χ4v) is 7.47. The van der Waals surface area contributed by atoms with Crippen LogP contribution < -0.4 is 13.9 Å². The van der Waals surface area contributed by atoms with Crippen molar-refractivity contribution >= 4 is 66.2 Å². The van der Waals surface area contributed by atoms with Crippen LogP contribution in [0.25, 0.3) is 0 Å². The van der Waals surface area contributed by atoms with E-state index in [2.05, 4.69) is 5.32 Å². The zero-order valence-electron chi connectivity index (χ0n) is 21.8. The third-order valence-corrected chi connectivity index (χ3v) is 10.9. The molecule has 0 radical (unpaired) electrons. The van der Waals surface area contributed by atoms with Crippen LogP contribution in [0.3, 0.4) is 0 Å². The van der Waals surface area contributed by atoms with Gasteiger partial charge in [-0.15, -0.1) is 0 Å². The molecule has 1 heterocycles. The molecule has 41 heavy (non-hydrogen) atoms. The van der Waals surface area contributed by atoms with E-state index in [9.17, 15) is 21.6 Å². The lowest BCUT2D eigenvalue weighted by Gasteiger charge is -2.20. The minimum absolute atomic E-state index is 0.0395. The van der Waals surface area contributed by atoms with Gasteiger partial charge in [0.25, 0.3) is 20.0 Å². The van der Waals surface area contributed by atoms with Crippen molar-refractivity contribution in [1.29, 1.82) is 0 Å². The van der Waals surface area contributed by atoms with E-state index in [4.69, 9.17) is 23.2 Å². The van der Waals surface area contributed by atoms with Crippen LogP contribution in [0.1, 0.15) is 11.1 Å². The summed E-state index contributed by atoms with van der Waals surface area (Å²) in [5, 5.41) is 3.72. The van der Waals surface area contributed by atoms with Crippen LogP contribution in [0.2, 0.25) is 10.0 Å². The minimum atomic E-state index is -3.79. The minimum Gasteiger partial charge on any atom is -0.326 e. The van der Waals surface area contributed by atoms with Gasteiger partial charge in [0.1, 0.15) is 0 Å². The number of halogens is 2. The third-order valence-electron chi connectivity index (χ3n) is 6.76. The van der Waals surface area contributed by atoms with Gasteiger partial charge >= 0.3 is 0 Å². The number of hydrogen-bond acceptors (Lipinski definition) is 5. The monoisotopic (exact) mass is 629 g/mol. The number of anilines is 3. The van der Waals surface area contributed by atoms with Gasteiger partial charge in [-0.05, 0) is 90.3 Å². The molecule has 0 saturated carbocycles. The maximum absolute atomic E-state index is 13.3. The van der Waals surface area contributed by atoms with E-state index in [1.54, 1.807) is 36.4 Å². The Labute approximate surface area is 249 Å². The molecule has 212 valence electrons. The molecule has 0 bridgehead atoms. The highest BCUT2D eigenvalue weighted by Crippen LogP contribution is 2.35. The highest BCUT2D eigenvalue weighted by atomic mass is 35.5. The molecule has 0 unspecified atom stereocenters. The van der Waals surface area contributed by atoms with Gasteiger partial charge in [-0.3, -0.25) is 13.4 Å². The van der Waals surface area contributed by atoms with Crippen LogP contribution in [-0.4, -0.2) is 36.3 Å². The number of benzene rings is 4. The molecule has 12 heteroatoms. The van der Waals surface area contributed by atoms with Crippen molar-refractivity contribution in [3.63, 3.8) is 0 Å². The van der Waals surface area contributed by atoms with E-state index in [1.165, 1.54) is 59.9 Å². The first-order chi connectivity index (χ1) is 19.4. The average Bonchev–Trinajstić information content (AvgIpc) is 3.38. The smallest absolute Gasteiger partial charge is 0.264 e. The summed E-state index contributed by atoms with van der Waals surface area (Å²) in [6.45, 7) is 0.298. The van der Waals surface area contributed by atoms with Crippen LogP contribution in [0.15, 0.2) is 101 Å². The number of sulfonamides is 2. The second-order valence-corrected chi connectivity index (χ2v) is 14.1. The van der Waals surface area contributed by atoms with E-state index >= 15 is 0 Å². The lowest BCUT2D eigenvalue weighted by Crippen LogP contribution is -2.29. The Morgan fingerprint density at radius 1 is 0.829 bits per heavy atom. The molecule has 4 aromatic rings. The number of nitrogens with one attached hydrogen (secondary N) is 1. The molecular weight excluding hydrogens is 605 g/mol. The van der Waals surface area contributed by atoms with Crippen molar-refractivity contribution in [2.75, 3.05) is 27.5 Å². The molecule has 8 nitrogen and oxygen atoms in total. The molecule has 0 aliphatic carbocycles. The largest absolute Gasteiger partial charge is 0.326 e. The van der Waals surface area contributed by atoms with Crippen LogP contribution in [0.5, 0.6) is 0 Å². The maximum Gasteiger partial charge on any atom is 0.264 e. The van der Waals surface area contributed by atoms with Crippen molar-refractivity contribution in [1.82, 2.24) is 0 Å². The van der Waals surface area contributed by atoms with Crippen molar-refractivity contribution in [2.45, 2.75) is 22.6 Å². The van der Waals surface area contributed by atoms with E-state index in [0.29, 0.717) is 45.6 Å². The predicted molar refractivity (Wildman–Crippen MR) is 162 cm³/mol. The van der Waals surface area contributed by atoms with Crippen LogP contribution in [0, 0.1) is 0 Å². The number of rotatable bonds is 8. The number of nitrogens with zero attached hydrogens (tertiary/aromatic N) is 2. The van der Waals surface area contributed by atoms with Gasteiger partial charge in [-0.1, -0.05) is 41.4 Å². The highest BCUT2D eigenvalue weighted by molar-refractivity contribution is 7.93. The molecule has 0 atom stereocenters. The SMILES string of the molecule is CN(c1ccc(CC(=O)Nc2ccc3c(c2)N(S(=O)(=O)c2ccc(Cl)cc2)CC3)cc1)S(=O)(=O)c1ccc(Cl)cc1. The lowest BCUT2D eigenvalue weighted by molar-refractivity contribution is -0.115. The predicted octanol–water partition coefficient (Wildman–Crippen LogP) is 5.75. The fraction of sp³-hybridized carbons (Fsp3) is 0.138. The summed E-state index contributed by atoms with van der Waals surface area (Å²) in [4.78, 5) is 13.1. The number of fused-ring (bicyclic) bond motifs is 1. The van der Waals surface area contributed by atoms with Crippen molar-refractivity contribution < 1.29 is 21.6 Å². The molecule has 5 rings (SSSR count). The van der Waals surface area contributed by atoms with Crippen LogP contribution in [0.4, 0.5) is 17.1 Å². The van der Waals surface area contributed by atoms with E-state index in [1.807, 2.05) is 6.07 Å². The van der Waals surface area contributed by atoms with Gasteiger partial charge in [-0.25, -0.2) is 16.8 Å². The van der Waals surface area contributed by atoms with E-state index in [0.717, 1.165) is 9.87 Å². The Morgan fingerprint density at radius 2 is 1.41 bits per heavy atom. The van der Waals surface area contributed by atoms with Crippen LogP contribution >= 0.6 is 23.2 Å². The van der Waals surface area contributed by atoms with Gasteiger partial charge in [0, 0.05) is 29.3 Å². The van der Waals surface area contributed by atoms with E-state index < -0.39 is 20.0 Å². The fourth-order valence-electron chi connectivity index (χ4n) is 4.53. The Morgan fingerprint density at radius 3 is 2.02 bits per heavy atom. The van der Waals surface area contributed by atoms with Crippen LogP contribution in [-0.2, 0) is 37.7 Å². The summed E-state index contributed by atoms with van der Waals surface area (Å²) >= 11 is 11.8. The first-order valence-corrected chi connectivity index (χ1v) is 16.1. The summed E-state index contributed by atoms with van der Waals surface area (Å²) in [5.41, 5.74) is 2.97. The van der Waals surface area contributed by atoms with Gasteiger partial charge in [0.15, 0.2) is 0 Å². The number of carbonyl (C=O) groups is 1. The molecule has 1 amide bonds. The van der Waals surface area contributed by atoms with Gasteiger partial charge in [0.05, 0.1) is 27.6 Å². The summed E-state index contributed by atoms with van der Waals surface area (Å²) < 4.78 is 54.9. The normalized spacial score (nSPS) is 13.1. The second kappa shape index (κ2) is 11.4. The molecule has 0 aromatic heterocycles. The zero-order valence-corrected chi connectivity index (χ0v) is 24.9. The van der Waals surface area contributed by atoms with E-state index in [-0.39, 0.29) is 22.1 Å². The Kier molecular flexibility index (Phi) is 8.02. The summed E-state index contributed by atoms with van der Waals surface area (Å²) in [6.07, 6.45) is 0.600. The summed E-state index contributed by atoms with van der Waals surface area (Å²) in [5.74, 6) is -0.301. The first-order valence-electron chi connectivity index (χ1n) is 12.5. The summed E-state index contributed by atoms with van der Waals surface area (Å²) in [6, 6.07) is 23.8. The molecule has 0 spiro atoms. The Balaban J connectivity index is 1.26. The quantitative estimate of drug-likeness (QED) is 0.267. The molecule has 0 fully saturated rings. The third kappa shape index (κ3) is 6.06. The highest BCUT2D eigenvalue weighted by Gasteiger charge is 2.31. The van der Waals surface area contributed by atoms with Gasteiger partial charge < -0.3 is 5.32 Å². The summed E-state index contributed by atoms with van der Waals surface area (Å²) in [7, 11) is -6.12. The molecule has 1 aliphatic rings. The number of hydrogen-bond donors (Lipinski definition) is 1. The Bertz CT molecular complexity index is 1810. The Hall–Kier alpha value is -3.57. The van der Waals surface area contributed by atoms with Crippen molar-refractivity contribution in [3.05, 3.63) is 112 Å². The number of amides is 1. The topological polar surface area (TPSA) is 104 Å². The van der Waals surface area contributed by atoms with Gasteiger partial charge in [0.2, 0.25) is 5.91 Å². The standard InChI is InChI=1S/C29H25Cl2N3O5S2/c1-33(40(36,37)26-12-5-22(30)6-13-26)25-10-2-20(3-11-25)18-29(35)32-24-9-4-21-16-17-34(28(21)19-24)41(38,39)27-14-7-23(31)8-15-27/h2-15,19H,16-18H2,1H3,(H,32,35). The maximum atomic E-state index is 13.3. The first kappa shape index (κ1) is 28.9.